The van der Waals surface area contributed by atoms with E-state index in [1.165, 1.54) is 23.9 Å². The van der Waals surface area contributed by atoms with Crippen LogP contribution < -0.4 is 0 Å². The molecule has 1 aromatic carbocycles. The molecule has 0 aliphatic carbocycles. The summed E-state index contributed by atoms with van der Waals surface area (Å²) < 4.78 is 25.7. The van der Waals surface area contributed by atoms with Gasteiger partial charge in [-0.3, -0.25) is 4.99 Å². The van der Waals surface area contributed by atoms with Crippen LogP contribution in [0.15, 0.2) is 28.6 Å². The monoisotopic (exact) mass is 227 g/mol. The third-order valence-corrected chi connectivity index (χ3v) is 2.56. The Balaban J connectivity index is 2.72. The molecule has 0 spiro atoms. The molecule has 0 aliphatic heterocycles. The van der Waals surface area contributed by atoms with Crippen molar-refractivity contribution in [1.82, 2.24) is 0 Å². The molecule has 0 aliphatic rings. The van der Waals surface area contributed by atoms with Crippen LogP contribution in [0.4, 0.5) is 8.78 Å². The van der Waals surface area contributed by atoms with Gasteiger partial charge in [-0.2, -0.15) is 0 Å². The lowest BCUT2D eigenvalue weighted by Gasteiger charge is -1.96. The van der Waals surface area contributed by atoms with Gasteiger partial charge in [0.1, 0.15) is 11.6 Å². The molecule has 0 aromatic heterocycles. The number of thioether (sulfide) groups is 1. The Hall–Kier alpha value is -1.16. The van der Waals surface area contributed by atoms with E-state index >= 15 is 0 Å². The van der Waals surface area contributed by atoms with E-state index in [1.54, 1.807) is 18.5 Å². The number of halogens is 2. The first-order valence-corrected chi connectivity index (χ1v) is 5.23. The first-order valence-electron chi connectivity index (χ1n) is 4.35. The Morgan fingerprint density at radius 3 is 2.73 bits per heavy atom. The molecule has 0 heterocycles. The predicted molar refractivity (Wildman–Crippen MR) is 62.0 cm³/mol. The molecule has 0 amide bonds. The number of rotatable bonds is 2. The van der Waals surface area contributed by atoms with Gasteiger partial charge in [0, 0.05) is 18.7 Å². The highest BCUT2D eigenvalue weighted by Gasteiger charge is 1.99. The van der Waals surface area contributed by atoms with E-state index in [1.807, 2.05) is 6.92 Å². The number of hydrogen-bond donors (Lipinski definition) is 0. The maximum atomic E-state index is 13.1. The van der Waals surface area contributed by atoms with Gasteiger partial charge in [0.05, 0.1) is 5.04 Å². The van der Waals surface area contributed by atoms with Crippen LogP contribution in [-0.2, 0) is 0 Å². The highest BCUT2D eigenvalue weighted by Crippen LogP contribution is 2.14. The van der Waals surface area contributed by atoms with Gasteiger partial charge in [0.15, 0.2) is 0 Å². The minimum Gasteiger partial charge on any atom is -0.286 e. The predicted octanol–water partition coefficient (Wildman–Crippen LogP) is 3.72. The average Bonchev–Trinajstić information content (AvgIpc) is 2.21. The summed E-state index contributed by atoms with van der Waals surface area (Å²) in [5, 5.41) is 2.60. The molecule has 0 saturated heterocycles. The fourth-order valence-corrected chi connectivity index (χ4v) is 1.41. The van der Waals surface area contributed by atoms with Crippen molar-refractivity contribution in [1.29, 1.82) is 0 Å². The van der Waals surface area contributed by atoms with Crippen molar-refractivity contribution in [2.75, 3.05) is 7.05 Å². The van der Waals surface area contributed by atoms with Crippen LogP contribution in [0.2, 0.25) is 0 Å². The third-order valence-electron chi connectivity index (χ3n) is 1.76. The molecule has 0 N–H and O–H groups in total. The molecule has 4 heteroatoms. The molecule has 15 heavy (non-hydrogen) atoms. The van der Waals surface area contributed by atoms with Gasteiger partial charge in [0.25, 0.3) is 0 Å². The molecule has 0 unspecified atom stereocenters. The number of benzene rings is 1. The van der Waals surface area contributed by atoms with Gasteiger partial charge in [-0.1, -0.05) is 11.8 Å². The fraction of sp³-hybridized carbons (Fsp3) is 0.182. The van der Waals surface area contributed by atoms with E-state index in [0.29, 0.717) is 5.56 Å². The van der Waals surface area contributed by atoms with Crippen LogP contribution in [-0.4, -0.2) is 12.1 Å². The van der Waals surface area contributed by atoms with Gasteiger partial charge in [-0.05, 0) is 30.5 Å². The second kappa shape index (κ2) is 5.66. The Labute approximate surface area is 91.9 Å². The molecule has 1 rings (SSSR count). The summed E-state index contributed by atoms with van der Waals surface area (Å²) in [7, 11) is 1.69. The average molecular weight is 227 g/mol. The molecule has 80 valence electrons. The molecular formula is C11H11F2NS. The maximum Gasteiger partial charge on any atom is 0.133 e. The van der Waals surface area contributed by atoms with E-state index in [9.17, 15) is 8.78 Å². The summed E-state index contributed by atoms with van der Waals surface area (Å²) in [4.78, 5) is 3.93. The Bertz CT molecular complexity index is 400. The van der Waals surface area contributed by atoms with Gasteiger partial charge in [-0.25, -0.2) is 8.78 Å². The van der Waals surface area contributed by atoms with Crippen LogP contribution in [0.3, 0.4) is 0 Å². The van der Waals surface area contributed by atoms with E-state index in [2.05, 4.69) is 4.99 Å². The molecule has 0 fully saturated rings. The van der Waals surface area contributed by atoms with E-state index in [4.69, 9.17) is 0 Å². The van der Waals surface area contributed by atoms with Crippen LogP contribution in [0.25, 0.3) is 6.08 Å². The highest BCUT2D eigenvalue weighted by molar-refractivity contribution is 8.16. The van der Waals surface area contributed by atoms with Crippen LogP contribution in [0.5, 0.6) is 0 Å². The van der Waals surface area contributed by atoms with Crippen molar-refractivity contribution in [3.63, 3.8) is 0 Å². The Kier molecular flexibility index (Phi) is 4.49. The van der Waals surface area contributed by atoms with E-state index in [0.717, 1.165) is 11.1 Å². The largest absolute Gasteiger partial charge is 0.286 e. The first-order chi connectivity index (χ1) is 7.13. The third kappa shape index (κ3) is 3.83. The molecule has 0 saturated carbocycles. The van der Waals surface area contributed by atoms with Gasteiger partial charge < -0.3 is 0 Å². The molecular weight excluding hydrogens is 216 g/mol. The lowest BCUT2D eigenvalue weighted by Crippen LogP contribution is -1.83. The summed E-state index contributed by atoms with van der Waals surface area (Å²) in [6.07, 6.45) is 1.59. The number of aliphatic imine (C=N–C) groups is 1. The lowest BCUT2D eigenvalue weighted by molar-refractivity contribution is 0.581. The molecule has 0 radical (unpaired) electrons. The zero-order valence-electron chi connectivity index (χ0n) is 8.50. The zero-order valence-corrected chi connectivity index (χ0v) is 9.31. The SMILES string of the molecule is CN=C(C)S/C=C/c1ccc(F)cc1F. The van der Waals surface area contributed by atoms with Crippen molar-refractivity contribution in [3.8, 4) is 0 Å². The molecule has 1 nitrogen and oxygen atoms in total. The van der Waals surface area contributed by atoms with Crippen molar-refractivity contribution in [2.24, 2.45) is 4.99 Å². The smallest absolute Gasteiger partial charge is 0.133 e. The minimum atomic E-state index is -0.566. The second-order valence-electron chi connectivity index (χ2n) is 2.83. The standard InChI is InChI=1S/C11H11F2NS/c1-8(14-2)15-6-5-9-3-4-10(12)7-11(9)13/h3-7H,1-2H3/b6-5+,14-8?. The van der Waals surface area contributed by atoms with Crippen molar-refractivity contribution in [2.45, 2.75) is 6.92 Å². The zero-order chi connectivity index (χ0) is 11.3. The Morgan fingerprint density at radius 2 is 2.13 bits per heavy atom. The molecule has 0 bridgehead atoms. The Morgan fingerprint density at radius 1 is 1.40 bits per heavy atom. The fourth-order valence-electron chi connectivity index (χ4n) is 0.895. The second-order valence-corrected chi connectivity index (χ2v) is 3.93. The summed E-state index contributed by atoms with van der Waals surface area (Å²) >= 11 is 1.39. The highest BCUT2D eigenvalue weighted by atomic mass is 32.2. The van der Waals surface area contributed by atoms with Crippen LogP contribution in [0.1, 0.15) is 12.5 Å². The topological polar surface area (TPSA) is 12.4 Å². The van der Waals surface area contributed by atoms with Crippen molar-refractivity contribution < 1.29 is 8.78 Å². The minimum absolute atomic E-state index is 0.368. The van der Waals surface area contributed by atoms with Crippen molar-refractivity contribution >= 4 is 22.9 Å². The normalized spacial score (nSPS) is 12.4. The van der Waals surface area contributed by atoms with E-state index in [-0.39, 0.29) is 0 Å². The van der Waals surface area contributed by atoms with Crippen LogP contribution in [0, 0.1) is 11.6 Å². The van der Waals surface area contributed by atoms with E-state index < -0.39 is 11.6 Å². The molecule has 1 aromatic rings. The van der Waals surface area contributed by atoms with Gasteiger partial charge in [0.2, 0.25) is 0 Å². The molecule has 0 atom stereocenters. The lowest BCUT2D eigenvalue weighted by atomic mass is 10.2. The summed E-state index contributed by atoms with van der Waals surface area (Å²) in [5.74, 6) is -1.12. The summed E-state index contributed by atoms with van der Waals surface area (Å²) in [6, 6.07) is 3.50. The van der Waals surface area contributed by atoms with Crippen molar-refractivity contribution in [3.05, 3.63) is 40.8 Å². The van der Waals surface area contributed by atoms with Crippen LogP contribution >= 0.6 is 11.8 Å². The van der Waals surface area contributed by atoms with Gasteiger partial charge >= 0.3 is 0 Å². The summed E-state index contributed by atoms with van der Waals surface area (Å²) in [5.41, 5.74) is 0.368. The number of hydrogen-bond acceptors (Lipinski definition) is 2. The van der Waals surface area contributed by atoms with Gasteiger partial charge in [-0.15, -0.1) is 0 Å². The quantitative estimate of drug-likeness (QED) is 0.554. The summed E-state index contributed by atoms with van der Waals surface area (Å²) in [6.45, 7) is 1.86. The first kappa shape index (κ1) is 11.9. The number of nitrogens with zero attached hydrogens (tertiary/aromatic N) is 1. The maximum absolute atomic E-state index is 13.1.